The van der Waals surface area contributed by atoms with Crippen molar-refractivity contribution in [1.29, 1.82) is 0 Å². The molecule has 12 rings (SSSR count). The minimum Gasteiger partial charge on any atom is -0.391 e. The van der Waals surface area contributed by atoms with E-state index in [4.69, 9.17) is 134 Å². The number of thiazole rings is 3. The predicted molar refractivity (Wildman–Crippen MR) is 337 cm³/mol. The highest BCUT2D eigenvalue weighted by Crippen LogP contribution is 2.31. The summed E-state index contributed by atoms with van der Waals surface area (Å²) in [5.74, 6) is 0. The van der Waals surface area contributed by atoms with Crippen LogP contribution in [-0.2, 0) is 34.3 Å². The number of oxime groups is 3. The van der Waals surface area contributed by atoms with Crippen LogP contribution in [0.15, 0.2) is 178 Å². The van der Waals surface area contributed by atoms with Gasteiger partial charge in [0.05, 0.1) is 82.9 Å². The number of rotatable bonds is 15. The van der Waals surface area contributed by atoms with Crippen molar-refractivity contribution in [2.45, 2.75) is 19.8 Å². The predicted octanol–water partition coefficient (Wildman–Crippen LogP) is 19.7. The molecule has 6 aromatic heterocycles. The van der Waals surface area contributed by atoms with E-state index in [9.17, 15) is 0 Å². The van der Waals surface area contributed by atoms with Crippen LogP contribution in [0.25, 0.3) is 48.7 Å². The van der Waals surface area contributed by atoms with E-state index in [1.165, 1.54) is 0 Å². The van der Waals surface area contributed by atoms with E-state index in [-0.39, 0.29) is 19.8 Å². The molecule has 408 valence electrons. The molecule has 0 unspecified atom stereocenters. The molecule has 6 aromatic carbocycles. The first-order valence-electron chi connectivity index (χ1n) is 23.8. The van der Waals surface area contributed by atoms with Gasteiger partial charge in [0.15, 0.2) is 14.9 Å². The highest BCUT2D eigenvalue weighted by Gasteiger charge is 2.17. The van der Waals surface area contributed by atoms with Gasteiger partial charge in [-0.15, -0.1) is 34.0 Å². The van der Waals surface area contributed by atoms with Crippen LogP contribution in [0.3, 0.4) is 0 Å². The third-order valence-electron chi connectivity index (χ3n) is 11.6. The van der Waals surface area contributed by atoms with E-state index in [0.29, 0.717) is 45.2 Å². The average molecular weight is 1310 g/mol. The quantitative estimate of drug-likeness (QED) is 0.0745. The van der Waals surface area contributed by atoms with E-state index in [1.807, 2.05) is 139 Å². The summed E-state index contributed by atoms with van der Waals surface area (Å²) in [5.41, 5.74) is 10.5. The summed E-state index contributed by atoms with van der Waals surface area (Å²) in [6.07, 6.45) is 10.8. The van der Waals surface area contributed by atoms with Crippen molar-refractivity contribution in [3.63, 3.8) is 0 Å². The van der Waals surface area contributed by atoms with Gasteiger partial charge >= 0.3 is 0 Å². The van der Waals surface area contributed by atoms with E-state index < -0.39 is 0 Å². The van der Waals surface area contributed by atoms with Gasteiger partial charge in [0, 0.05) is 66.5 Å². The number of hydrogen-bond donors (Lipinski definition) is 0. The number of fused-ring (bicyclic) bond motifs is 3. The lowest BCUT2D eigenvalue weighted by Gasteiger charge is -2.03. The molecule has 0 saturated heterocycles. The average Bonchev–Trinajstić information content (AvgIpc) is 4.45. The second-order valence-electron chi connectivity index (χ2n) is 17.0. The van der Waals surface area contributed by atoms with Crippen molar-refractivity contribution in [1.82, 2.24) is 28.2 Å². The van der Waals surface area contributed by atoms with Gasteiger partial charge in [-0.05, 0) is 89.5 Å². The summed E-state index contributed by atoms with van der Waals surface area (Å²) in [7, 11) is 0. The number of halogens is 9. The van der Waals surface area contributed by atoms with Crippen molar-refractivity contribution in [3.8, 4) is 33.8 Å². The molecule has 0 atom stereocenters. The zero-order chi connectivity index (χ0) is 56.4. The summed E-state index contributed by atoms with van der Waals surface area (Å²) in [5, 5.41) is 23.3. The highest BCUT2D eigenvalue weighted by atomic mass is 35.5. The van der Waals surface area contributed by atoms with Crippen molar-refractivity contribution >= 4 is 172 Å². The van der Waals surface area contributed by atoms with Crippen LogP contribution in [0.5, 0.6) is 0 Å². The summed E-state index contributed by atoms with van der Waals surface area (Å²) in [6, 6.07) is 38.6. The first-order valence-corrected chi connectivity index (χ1v) is 29.8. The van der Waals surface area contributed by atoms with Crippen molar-refractivity contribution < 1.29 is 14.5 Å². The van der Waals surface area contributed by atoms with E-state index in [0.717, 1.165) is 82.4 Å². The molecule has 0 aliphatic heterocycles. The van der Waals surface area contributed by atoms with Gasteiger partial charge in [0.25, 0.3) is 0 Å². The number of nitrogens with zero attached hydrogens (tertiary/aromatic N) is 9. The Morgan fingerprint density at radius 2 is 0.630 bits per heavy atom. The molecule has 81 heavy (non-hydrogen) atoms. The van der Waals surface area contributed by atoms with Gasteiger partial charge in [-0.3, -0.25) is 13.2 Å². The largest absolute Gasteiger partial charge is 0.391 e. The maximum Gasteiger partial charge on any atom is 0.194 e. The Morgan fingerprint density at radius 3 is 0.889 bits per heavy atom. The number of imidazole rings is 3. The van der Waals surface area contributed by atoms with Gasteiger partial charge in [0.1, 0.15) is 19.8 Å². The Hall–Kier alpha value is -6.15. The first-order chi connectivity index (χ1) is 39.3. The van der Waals surface area contributed by atoms with Gasteiger partial charge < -0.3 is 14.5 Å². The molecular weight excluding hydrogens is 1270 g/mol. The lowest BCUT2D eigenvalue weighted by Crippen LogP contribution is -1.93. The summed E-state index contributed by atoms with van der Waals surface area (Å²) in [4.78, 5) is 33.0. The van der Waals surface area contributed by atoms with E-state index in [2.05, 4.69) is 15.5 Å². The molecule has 0 amide bonds. The summed E-state index contributed by atoms with van der Waals surface area (Å²) >= 11 is 58.4. The Balaban J connectivity index is 0.000000136. The molecule has 0 bridgehead atoms. The normalized spacial score (nSPS) is 11.5. The lowest BCUT2D eigenvalue weighted by atomic mass is 10.1. The Morgan fingerprint density at radius 1 is 0.358 bits per heavy atom. The maximum atomic E-state index is 6.01. The standard InChI is InChI=1S/3C19H12Cl3N3OS/c3*20-14-4-2-13(3-5-14)18-17(25-7-8-27-19(25)24-18)10-23-26-11-12-1-6-15(21)16(22)9-12/h3*1-10H,11H2/b3*23-10+. The van der Waals surface area contributed by atoms with Crippen molar-refractivity contribution in [2.24, 2.45) is 15.5 Å². The van der Waals surface area contributed by atoms with Crippen LogP contribution in [0.1, 0.15) is 33.8 Å². The fraction of sp³-hybridized carbons (Fsp3) is 0.0526. The van der Waals surface area contributed by atoms with Crippen LogP contribution in [0.2, 0.25) is 45.2 Å². The molecule has 0 fully saturated rings. The van der Waals surface area contributed by atoms with Crippen molar-refractivity contribution in [3.05, 3.63) is 241 Å². The van der Waals surface area contributed by atoms with E-state index >= 15 is 0 Å². The van der Waals surface area contributed by atoms with Crippen LogP contribution in [0.4, 0.5) is 0 Å². The van der Waals surface area contributed by atoms with Gasteiger partial charge in [0.2, 0.25) is 0 Å². The van der Waals surface area contributed by atoms with Crippen LogP contribution in [0, 0.1) is 0 Å². The van der Waals surface area contributed by atoms with Crippen molar-refractivity contribution in [2.75, 3.05) is 0 Å². The highest BCUT2D eigenvalue weighted by molar-refractivity contribution is 7.15. The molecule has 6 heterocycles. The number of benzene rings is 6. The van der Waals surface area contributed by atoms with Crippen LogP contribution >= 0.6 is 138 Å². The second kappa shape index (κ2) is 27.3. The molecule has 12 nitrogen and oxygen atoms in total. The molecule has 0 radical (unpaired) electrons. The summed E-state index contributed by atoms with van der Waals surface area (Å²) < 4.78 is 5.92. The van der Waals surface area contributed by atoms with Gasteiger partial charge in [-0.2, -0.15) is 0 Å². The van der Waals surface area contributed by atoms with Gasteiger partial charge in [-0.1, -0.05) is 174 Å². The zero-order valence-electron chi connectivity index (χ0n) is 41.3. The smallest absolute Gasteiger partial charge is 0.194 e. The maximum absolute atomic E-state index is 6.01. The molecule has 0 N–H and O–H groups in total. The fourth-order valence-electron chi connectivity index (χ4n) is 7.73. The van der Waals surface area contributed by atoms with E-state index in [1.54, 1.807) is 89.1 Å². The molecule has 24 heteroatoms. The number of aromatic nitrogens is 6. The molecule has 0 saturated carbocycles. The monoisotopic (exact) mass is 1300 g/mol. The fourth-order valence-corrected chi connectivity index (χ4v) is 11.2. The topological polar surface area (TPSA) is 117 Å². The molecule has 0 aliphatic carbocycles. The Kier molecular flexibility index (Phi) is 19.6. The molecule has 12 aromatic rings. The SMILES string of the molecule is Clc1ccc(-c2nc3sccn3c2/C=N/OCc2ccc(Cl)c(Cl)c2)cc1.Clc1ccc(-c2nc3sccn3c2/C=N/OCc2ccc(Cl)c(Cl)c2)cc1.Clc1ccc(-c2nc3sccn3c2/C=N/OCc2ccc(Cl)c(Cl)c2)cc1. The first kappa shape index (κ1) is 58.1. The molecule has 0 aliphatic rings. The number of hydrogen-bond acceptors (Lipinski definition) is 12. The Labute approximate surface area is 520 Å². The zero-order valence-corrected chi connectivity index (χ0v) is 50.6. The Bertz CT molecular complexity index is 3780. The minimum atomic E-state index is 0.287. The molecule has 0 spiro atoms. The third-order valence-corrected chi connectivity index (χ3v) is 16.9. The van der Waals surface area contributed by atoms with Crippen LogP contribution in [-0.4, -0.2) is 46.8 Å². The van der Waals surface area contributed by atoms with Gasteiger partial charge in [-0.25, -0.2) is 15.0 Å². The third kappa shape index (κ3) is 14.6. The van der Waals surface area contributed by atoms with Crippen LogP contribution < -0.4 is 0 Å². The second-order valence-corrected chi connectivity index (χ2v) is 23.4. The molecular formula is C57H36Cl9N9O3S3. The lowest BCUT2D eigenvalue weighted by molar-refractivity contribution is 0.132. The minimum absolute atomic E-state index is 0.287. The summed E-state index contributed by atoms with van der Waals surface area (Å²) in [6.45, 7) is 0.861.